The molecule has 0 spiro atoms. The molecule has 64 valence electrons. The highest BCUT2D eigenvalue weighted by molar-refractivity contribution is 5.27. The zero-order chi connectivity index (χ0) is 8.55. The van der Waals surface area contributed by atoms with E-state index in [0.717, 1.165) is 17.8 Å². The summed E-state index contributed by atoms with van der Waals surface area (Å²) in [5.74, 6) is 2.72. The second kappa shape index (κ2) is 2.93. The van der Waals surface area contributed by atoms with Gasteiger partial charge in [-0.2, -0.15) is 0 Å². The van der Waals surface area contributed by atoms with Gasteiger partial charge in [0.1, 0.15) is 0 Å². The Balaban J connectivity index is 2.14. The van der Waals surface area contributed by atoms with Gasteiger partial charge in [-0.15, -0.1) is 0 Å². The first-order valence-electron chi connectivity index (χ1n) is 4.89. The van der Waals surface area contributed by atoms with Crippen LogP contribution in [0.5, 0.6) is 0 Å². The van der Waals surface area contributed by atoms with Gasteiger partial charge in [0.2, 0.25) is 0 Å². The molecule has 1 aliphatic carbocycles. The molecule has 0 radical (unpaired) electrons. The molecule has 1 aromatic carbocycles. The Hall–Kier alpha value is -0.780. The van der Waals surface area contributed by atoms with Gasteiger partial charge in [-0.05, 0) is 23.3 Å². The number of rotatable bonds is 2. The highest BCUT2D eigenvalue weighted by Crippen LogP contribution is 2.55. The summed E-state index contributed by atoms with van der Waals surface area (Å²) in [5, 5.41) is 0. The van der Waals surface area contributed by atoms with Crippen LogP contribution in [-0.4, -0.2) is 0 Å². The third-order valence-electron chi connectivity index (χ3n) is 3.22. The van der Waals surface area contributed by atoms with E-state index in [-0.39, 0.29) is 0 Å². The van der Waals surface area contributed by atoms with Gasteiger partial charge in [-0.25, -0.2) is 0 Å². The molecular formula is C12H16. The van der Waals surface area contributed by atoms with Crippen LogP contribution in [0.25, 0.3) is 0 Å². The van der Waals surface area contributed by atoms with E-state index in [1.54, 1.807) is 0 Å². The molecule has 0 bridgehead atoms. The maximum absolute atomic E-state index is 2.37. The van der Waals surface area contributed by atoms with Gasteiger partial charge in [0.15, 0.2) is 0 Å². The number of hydrogen-bond acceptors (Lipinski definition) is 0. The van der Waals surface area contributed by atoms with Crippen molar-refractivity contribution >= 4 is 0 Å². The minimum Gasteiger partial charge on any atom is -0.0651 e. The first-order chi connectivity index (χ1) is 5.84. The third kappa shape index (κ3) is 1.16. The van der Waals surface area contributed by atoms with Crippen LogP contribution in [0, 0.1) is 11.8 Å². The van der Waals surface area contributed by atoms with E-state index in [1.807, 2.05) is 0 Å². The first-order valence-corrected chi connectivity index (χ1v) is 4.89. The van der Waals surface area contributed by atoms with Crippen LogP contribution in [0.1, 0.15) is 31.7 Å². The van der Waals surface area contributed by atoms with Crippen LogP contribution in [0.4, 0.5) is 0 Å². The summed E-state index contributed by atoms with van der Waals surface area (Å²) in [6.07, 6.45) is 1.33. The average Bonchev–Trinajstić information content (AvgIpc) is 2.78. The molecule has 2 rings (SSSR count). The Morgan fingerprint density at radius 3 is 2.33 bits per heavy atom. The number of benzene rings is 1. The van der Waals surface area contributed by atoms with Crippen molar-refractivity contribution in [3.63, 3.8) is 0 Å². The fourth-order valence-electron chi connectivity index (χ4n) is 2.40. The minimum absolute atomic E-state index is 0.858. The van der Waals surface area contributed by atoms with E-state index in [0.29, 0.717) is 0 Å². The van der Waals surface area contributed by atoms with E-state index in [2.05, 4.69) is 44.2 Å². The maximum Gasteiger partial charge on any atom is -0.0102 e. The van der Waals surface area contributed by atoms with Crippen LogP contribution in [-0.2, 0) is 0 Å². The standard InChI is InChI=1S/C12H16/c1-3-11-9(2)12(11)10-7-5-4-6-8-10/h4-9,11-12H,3H2,1-2H3/t9-,11-,12-/m1/s1. The van der Waals surface area contributed by atoms with Gasteiger partial charge < -0.3 is 0 Å². The van der Waals surface area contributed by atoms with Crippen molar-refractivity contribution in [3.8, 4) is 0 Å². The predicted molar refractivity (Wildman–Crippen MR) is 52.1 cm³/mol. The quantitative estimate of drug-likeness (QED) is 0.621. The molecule has 1 aromatic rings. The largest absolute Gasteiger partial charge is 0.0651 e. The normalized spacial score (nSPS) is 33.3. The lowest BCUT2D eigenvalue weighted by atomic mass is 10.1. The van der Waals surface area contributed by atoms with E-state index >= 15 is 0 Å². The van der Waals surface area contributed by atoms with Crippen molar-refractivity contribution in [1.29, 1.82) is 0 Å². The van der Waals surface area contributed by atoms with Gasteiger partial charge >= 0.3 is 0 Å². The molecule has 0 saturated heterocycles. The molecular weight excluding hydrogens is 144 g/mol. The third-order valence-corrected chi connectivity index (χ3v) is 3.22. The van der Waals surface area contributed by atoms with Crippen molar-refractivity contribution in [1.82, 2.24) is 0 Å². The Labute approximate surface area is 74.6 Å². The molecule has 0 unspecified atom stereocenters. The molecule has 12 heavy (non-hydrogen) atoms. The Kier molecular flexibility index (Phi) is 1.92. The molecule has 0 amide bonds. The zero-order valence-electron chi connectivity index (χ0n) is 7.83. The Morgan fingerprint density at radius 2 is 1.83 bits per heavy atom. The van der Waals surface area contributed by atoms with Crippen LogP contribution < -0.4 is 0 Å². The van der Waals surface area contributed by atoms with Crippen LogP contribution in [0.15, 0.2) is 30.3 Å². The minimum atomic E-state index is 0.858. The van der Waals surface area contributed by atoms with Gasteiger partial charge in [0.05, 0.1) is 0 Å². The highest BCUT2D eigenvalue weighted by atomic mass is 14.5. The smallest absolute Gasteiger partial charge is 0.0102 e. The summed E-state index contributed by atoms with van der Waals surface area (Å²) in [6.45, 7) is 4.66. The lowest BCUT2D eigenvalue weighted by Gasteiger charge is -1.96. The molecule has 0 heterocycles. The van der Waals surface area contributed by atoms with Crippen LogP contribution >= 0.6 is 0 Å². The lowest BCUT2D eigenvalue weighted by Crippen LogP contribution is -1.80. The van der Waals surface area contributed by atoms with Crippen molar-refractivity contribution in [2.75, 3.05) is 0 Å². The van der Waals surface area contributed by atoms with Gasteiger partial charge in [0, 0.05) is 0 Å². The first kappa shape index (κ1) is 7.85. The van der Waals surface area contributed by atoms with Gasteiger partial charge in [0.25, 0.3) is 0 Å². The molecule has 0 heteroatoms. The van der Waals surface area contributed by atoms with E-state index in [9.17, 15) is 0 Å². The van der Waals surface area contributed by atoms with Crippen molar-refractivity contribution in [3.05, 3.63) is 35.9 Å². The summed E-state index contributed by atoms with van der Waals surface area (Å²) >= 11 is 0. The fraction of sp³-hybridized carbons (Fsp3) is 0.500. The summed E-state index contributed by atoms with van der Waals surface area (Å²) in [5.41, 5.74) is 1.54. The molecule has 1 saturated carbocycles. The zero-order valence-corrected chi connectivity index (χ0v) is 7.83. The van der Waals surface area contributed by atoms with E-state index < -0.39 is 0 Å². The molecule has 0 N–H and O–H groups in total. The van der Waals surface area contributed by atoms with Gasteiger partial charge in [-0.3, -0.25) is 0 Å². The number of hydrogen-bond donors (Lipinski definition) is 0. The van der Waals surface area contributed by atoms with Crippen molar-refractivity contribution < 1.29 is 0 Å². The second-order valence-electron chi connectivity index (χ2n) is 3.87. The molecule has 0 nitrogen and oxygen atoms in total. The summed E-state index contributed by atoms with van der Waals surface area (Å²) in [6, 6.07) is 10.9. The Bertz CT molecular complexity index is 250. The highest BCUT2D eigenvalue weighted by Gasteiger charge is 2.45. The average molecular weight is 160 g/mol. The van der Waals surface area contributed by atoms with Gasteiger partial charge in [-0.1, -0.05) is 50.6 Å². The topological polar surface area (TPSA) is 0 Å². The van der Waals surface area contributed by atoms with E-state index in [4.69, 9.17) is 0 Å². The molecule has 1 fully saturated rings. The Morgan fingerprint density at radius 1 is 1.17 bits per heavy atom. The monoisotopic (exact) mass is 160 g/mol. The lowest BCUT2D eigenvalue weighted by molar-refractivity contribution is 0.719. The SMILES string of the molecule is CC[C@@H]1[C@@H](C)[C@@H]1c1ccccc1. The summed E-state index contributed by atoms with van der Waals surface area (Å²) in [7, 11) is 0. The maximum atomic E-state index is 2.37. The van der Waals surface area contributed by atoms with Crippen molar-refractivity contribution in [2.24, 2.45) is 11.8 Å². The van der Waals surface area contributed by atoms with Crippen LogP contribution in [0.3, 0.4) is 0 Å². The van der Waals surface area contributed by atoms with Crippen molar-refractivity contribution in [2.45, 2.75) is 26.2 Å². The summed E-state index contributed by atoms with van der Waals surface area (Å²) in [4.78, 5) is 0. The molecule has 3 atom stereocenters. The fourth-order valence-corrected chi connectivity index (χ4v) is 2.40. The second-order valence-corrected chi connectivity index (χ2v) is 3.87. The summed E-state index contributed by atoms with van der Waals surface area (Å²) < 4.78 is 0. The van der Waals surface area contributed by atoms with Crippen LogP contribution in [0.2, 0.25) is 0 Å². The predicted octanol–water partition coefficient (Wildman–Crippen LogP) is 3.45. The molecule has 1 aliphatic rings. The van der Waals surface area contributed by atoms with E-state index in [1.165, 1.54) is 12.0 Å². The molecule has 0 aliphatic heterocycles. The molecule has 0 aromatic heterocycles.